The molecule has 1 N–H and O–H groups in total. The first-order valence-corrected chi connectivity index (χ1v) is 13.3. The smallest absolute Gasteiger partial charge is 0.270 e. The number of nitro benzene ring substituents is 1. The van der Waals surface area contributed by atoms with Crippen molar-refractivity contribution in [3.63, 3.8) is 0 Å². The van der Waals surface area contributed by atoms with Gasteiger partial charge in [0.15, 0.2) is 0 Å². The molecule has 1 unspecified atom stereocenters. The molecule has 0 aliphatic rings. The number of phenols is 1. The summed E-state index contributed by atoms with van der Waals surface area (Å²) in [6.07, 6.45) is 1.73. The molecule has 0 aliphatic heterocycles. The van der Waals surface area contributed by atoms with E-state index in [0.29, 0.717) is 5.75 Å². The minimum atomic E-state index is -0.340. The van der Waals surface area contributed by atoms with E-state index >= 15 is 0 Å². The van der Waals surface area contributed by atoms with E-state index in [2.05, 4.69) is 44.2 Å². The van der Waals surface area contributed by atoms with E-state index in [9.17, 15) is 15.2 Å². The van der Waals surface area contributed by atoms with E-state index in [0.717, 1.165) is 46.2 Å². The van der Waals surface area contributed by atoms with Gasteiger partial charge in [-0.2, -0.15) is 0 Å². The molecule has 0 spiro atoms. The van der Waals surface area contributed by atoms with Gasteiger partial charge in [0.05, 0.1) is 4.92 Å². The van der Waals surface area contributed by atoms with Gasteiger partial charge in [-0.3, -0.25) is 10.1 Å². The van der Waals surface area contributed by atoms with Gasteiger partial charge in [-0.25, -0.2) is 0 Å². The van der Waals surface area contributed by atoms with Gasteiger partial charge in [-0.1, -0.05) is 98.8 Å². The summed E-state index contributed by atoms with van der Waals surface area (Å²) in [6.45, 7) is 4.34. The van der Waals surface area contributed by atoms with Gasteiger partial charge in [-0.05, 0) is 87.0 Å². The Kier molecular flexibility index (Phi) is 7.55. The average molecular weight is 514 g/mol. The van der Waals surface area contributed by atoms with Gasteiger partial charge in [0.25, 0.3) is 5.69 Å². The Morgan fingerprint density at radius 1 is 0.692 bits per heavy atom. The molecule has 39 heavy (non-hydrogen) atoms. The highest BCUT2D eigenvalue weighted by atomic mass is 16.6. The molecular formula is C35H31NO3. The summed E-state index contributed by atoms with van der Waals surface area (Å²) < 4.78 is 0. The number of phenolic OH excluding ortho intramolecular Hbond substituents is 1. The zero-order valence-corrected chi connectivity index (χ0v) is 22.2. The van der Waals surface area contributed by atoms with Crippen LogP contribution >= 0.6 is 0 Å². The third-order valence-corrected chi connectivity index (χ3v) is 7.38. The average Bonchev–Trinajstić information content (AvgIpc) is 2.98. The molecule has 0 saturated carbocycles. The molecule has 4 nitrogen and oxygen atoms in total. The summed E-state index contributed by atoms with van der Waals surface area (Å²) in [5.41, 5.74) is 9.65. The standard InChI is InChI=1S/C35H31NO3/c1-3-25-21-31(37)17-14-29(25)20-24(2)28-15-18-32(34(22-28)26-10-6-4-7-11-26)33-19-16-30(36(38)39)23-35(33)27-12-8-5-9-13-27/h4-19,21-24,37H,3,20H2,1-2H3. The first-order valence-electron chi connectivity index (χ1n) is 13.3. The number of nitro groups is 1. The number of hydrogen-bond acceptors (Lipinski definition) is 3. The lowest BCUT2D eigenvalue weighted by Gasteiger charge is -2.20. The van der Waals surface area contributed by atoms with Gasteiger partial charge in [0.1, 0.15) is 5.75 Å². The number of aryl methyl sites for hydroxylation is 1. The predicted octanol–water partition coefficient (Wildman–Crippen LogP) is 9.21. The number of aromatic hydroxyl groups is 1. The van der Waals surface area contributed by atoms with Crippen LogP contribution in [0.2, 0.25) is 0 Å². The molecule has 0 bridgehead atoms. The molecule has 4 heteroatoms. The zero-order valence-electron chi connectivity index (χ0n) is 22.2. The maximum atomic E-state index is 11.6. The Bertz CT molecular complexity index is 1610. The molecule has 5 aromatic carbocycles. The largest absolute Gasteiger partial charge is 0.508 e. The normalized spacial score (nSPS) is 11.7. The van der Waals surface area contributed by atoms with Crippen molar-refractivity contribution in [3.8, 4) is 39.1 Å². The fourth-order valence-corrected chi connectivity index (χ4v) is 5.29. The molecule has 0 aromatic heterocycles. The Balaban J connectivity index is 1.64. The maximum absolute atomic E-state index is 11.6. The van der Waals surface area contributed by atoms with E-state index in [1.165, 1.54) is 16.7 Å². The second-order valence-electron chi connectivity index (χ2n) is 9.94. The van der Waals surface area contributed by atoms with Gasteiger partial charge in [-0.15, -0.1) is 0 Å². The number of hydrogen-bond donors (Lipinski definition) is 1. The summed E-state index contributed by atoms with van der Waals surface area (Å²) in [4.78, 5) is 11.3. The Morgan fingerprint density at radius 2 is 1.28 bits per heavy atom. The van der Waals surface area contributed by atoms with Crippen molar-refractivity contribution in [1.29, 1.82) is 0 Å². The van der Waals surface area contributed by atoms with Crippen LogP contribution in [-0.2, 0) is 12.8 Å². The van der Waals surface area contributed by atoms with E-state index in [-0.39, 0.29) is 16.5 Å². The fraction of sp³-hybridized carbons (Fsp3) is 0.143. The Hall–Kier alpha value is -4.70. The predicted molar refractivity (Wildman–Crippen MR) is 159 cm³/mol. The van der Waals surface area contributed by atoms with Crippen molar-refractivity contribution < 1.29 is 10.0 Å². The second-order valence-corrected chi connectivity index (χ2v) is 9.94. The monoisotopic (exact) mass is 513 g/mol. The van der Waals surface area contributed by atoms with Crippen molar-refractivity contribution in [3.05, 3.63) is 142 Å². The van der Waals surface area contributed by atoms with Gasteiger partial charge in [0, 0.05) is 12.1 Å². The van der Waals surface area contributed by atoms with Crippen molar-refractivity contribution in [1.82, 2.24) is 0 Å². The maximum Gasteiger partial charge on any atom is 0.270 e. The van der Waals surface area contributed by atoms with Crippen LogP contribution in [0.4, 0.5) is 5.69 Å². The number of rotatable bonds is 8. The Labute approximate surface area is 229 Å². The molecule has 0 aliphatic carbocycles. The molecular weight excluding hydrogens is 482 g/mol. The second kappa shape index (κ2) is 11.4. The molecule has 0 amide bonds. The van der Waals surface area contributed by atoms with E-state index < -0.39 is 0 Å². The minimum Gasteiger partial charge on any atom is -0.508 e. The summed E-state index contributed by atoms with van der Waals surface area (Å²) in [7, 11) is 0. The number of non-ortho nitro benzene ring substituents is 1. The van der Waals surface area contributed by atoms with E-state index in [1.54, 1.807) is 18.2 Å². The lowest BCUT2D eigenvalue weighted by Crippen LogP contribution is -2.02. The quantitative estimate of drug-likeness (QED) is 0.166. The highest BCUT2D eigenvalue weighted by Gasteiger charge is 2.19. The molecule has 1 atom stereocenters. The van der Waals surface area contributed by atoms with Crippen LogP contribution in [0.1, 0.15) is 36.5 Å². The lowest BCUT2D eigenvalue weighted by atomic mass is 9.84. The summed E-state index contributed by atoms with van der Waals surface area (Å²) >= 11 is 0. The van der Waals surface area contributed by atoms with Gasteiger partial charge < -0.3 is 5.11 Å². The highest BCUT2D eigenvalue weighted by molar-refractivity contribution is 5.92. The number of nitrogens with zero attached hydrogens (tertiary/aromatic N) is 1. The van der Waals surface area contributed by atoms with Crippen molar-refractivity contribution in [2.24, 2.45) is 0 Å². The van der Waals surface area contributed by atoms with Crippen LogP contribution in [0.15, 0.2) is 115 Å². The molecule has 5 rings (SSSR count). The summed E-state index contributed by atoms with van der Waals surface area (Å²) in [5, 5.41) is 21.6. The SMILES string of the molecule is CCc1cc(O)ccc1CC(C)c1ccc(-c2ccc([N+](=O)[O-])cc2-c2ccccc2)c(-c2ccccc2)c1. The molecule has 0 saturated heterocycles. The van der Waals surface area contributed by atoms with Crippen molar-refractivity contribution in [2.45, 2.75) is 32.6 Å². The van der Waals surface area contributed by atoms with Crippen molar-refractivity contribution in [2.75, 3.05) is 0 Å². The highest BCUT2D eigenvalue weighted by Crippen LogP contribution is 2.41. The van der Waals surface area contributed by atoms with E-state index in [4.69, 9.17) is 0 Å². The molecule has 0 heterocycles. The first kappa shape index (κ1) is 25.9. The first-order chi connectivity index (χ1) is 18.9. The molecule has 0 fully saturated rings. The Morgan fingerprint density at radius 3 is 1.87 bits per heavy atom. The molecule has 194 valence electrons. The minimum absolute atomic E-state index is 0.0738. The molecule has 5 aromatic rings. The van der Waals surface area contributed by atoms with Gasteiger partial charge >= 0.3 is 0 Å². The number of benzene rings is 5. The van der Waals surface area contributed by atoms with Crippen LogP contribution in [0, 0.1) is 10.1 Å². The third kappa shape index (κ3) is 5.60. The lowest BCUT2D eigenvalue weighted by molar-refractivity contribution is -0.384. The van der Waals surface area contributed by atoms with Gasteiger partial charge in [0.2, 0.25) is 0 Å². The van der Waals surface area contributed by atoms with Crippen LogP contribution in [-0.4, -0.2) is 10.0 Å². The molecule has 0 radical (unpaired) electrons. The summed E-state index contributed by atoms with van der Waals surface area (Å²) in [5.74, 6) is 0.554. The van der Waals surface area contributed by atoms with Crippen molar-refractivity contribution >= 4 is 5.69 Å². The summed E-state index contributed by atoms with van der Waals surface area (Å²) in [6, 6.07) is 37.5. The van der Waals surface area contributed by atoms with E-state index in [1.807, 2.05) is 66.7 Å². The van der Waals surface area contributed by atoms with Crippen LogP contribution in [0.25, 0.3) is 33.4 Å². The van der Waals surface area contributed by atoms with Crippen LogP contribution in [0.5, 0.6) is 5.75 Å². The topological polar surface area (TPSA) is 63.4 Å². The fourth-order valence-electron chi connectivity index (χ4n) is 5.29. The zero-order chi connectivity index (χ0) is 27.4. The third-order valence-electron chi connectivity index (χ3n) is 7.38. The van der Waals surface area contributed by atoms with Crippen LogP contribution < -0.4 is 0 Å². The van der Waals surface area contributed by atoms with Crippen LogP contribution in [0.3, 0.4) is 0 Å².